The molecule has 0 radical (unpaired) electrons. The molecule has 17 heavy (non-hydrogen) atoms. The molecule has 0 saturated carbocycles. The van der Waals surface area contributed by atoms with Crippen LogP contribution in [0.25, 0.3) is 0 Å². The summed E-state index contributed by atoms with van der Waals surface area (Å²) < 4.78 is 7.13. The summed E-state index contributed by atoms with van der Waals surface area (Å²) in [6.07, 6.45) is 0. The molecule has 0 unspecified atom stereocenters. The number of halogens is 1. The van der Waals surface area contributed by atoms with Gasteiger partial charge in [-0.3, -0.25) is 0 Å². The maximum absolute atomic E-state index is 5.95. The second-order valence-electron chi connectivity index (χ2n) is 4.25. The van der Waals surface area contributed by atoms with Crippen LogP contribution in [0.1, 0.15) is 25.3 Å². The van der Waals surface area contributed by atoms with E-state index in [1.165, 1.54) is 9.13 Å². The van der Waals surface area contributed by atoms with E-state index < -0.39 is 0 Å². The lowest BCUT2D eigenvalue weighted by atomic mass is 10.0. The number of hydrogen-bond acceptors (Lipinski definition) is 1. The molecule has 2 rings (SSSR count). The Hall–Kier alpha value is -1.03. The van der Waals surface area contributed by atoms with Crippen LogP contribution in [-0.4, -0.2) is 0 Å². The van der Waals surface area contributed by atoms with E-state index in [-0.39, 0.29) is 0 Å². The highest BCUT2D eigenvalue weighted by atomic mass is 127. The molecule has 0 heterocycles. The van der Waals surface area contributed by atoms with Crippen LogP contribution in [0.15, 0.2) is 48.5 Å². The van der Waals surface area contributed by atoms with E-state index in [1.54, 1.807) is 0 Å². The third-order valence-corrected chi connectivity index (χ3v) is 3.24. The highest BCUT2D eigenvalue weighted by Gasteiger charge is 2.07. The fourth-order valence-corrected chi connectivity index (χ4v) is 2.22. The van der Waals surface area contributed by atoms with Gasteiger partial charge in [-0.25, -0.2) is 0 Å². The number of hydrogen-bond donors (Lipinski definition) is 0. The van der Waals surface area contributed by atoms with Crippen molar-refractivity contribution in [2.45, 2.75) is 19.8 Å². The molecule has 2 aromatic carbocycles. The van der Waals surface area contributed by atoms with Gasteiger partial charge in [0, 0.05) is 3.57 Å². The summed E-state index contributed by atoms with van der Waals surface area (Å²) >= 11 is 2.29. The molecule has 1 nitrogen and oxygen atoms in total. The highest BCUT2D eigenvalue weighted by molar-refractivity contribution is 14.1. The minimum absolute atomic E-state index is 0.467. The topological polar surface area (TPSA) is 9.23 Å². The normalized spacial score (nSPS) is 10.6. The molecule has 0 atom stereocenters. The van der Waals surface area contributed by atoms with Crippen LogP contribution < -0.4 is 4.74 Å². The van der Waals surface area contributed by atoms with Crippen LogP contribution in [0.3, 0.4) is 0 Å². The first-order valence-corrected chi connectivity index (χ1v) is 6.77. The Morgan fingerprint density at radius 3 is 2.47 bits per heavy atom. The molecule has 2 aromatic rings. The van der Waals surface area contributed by atoms with Crippen molar-refractivity contribution in [1.29, 1.82) is 0 Å². The summed E-state index contributed by atoms with van der Waals surface area (Å²) in [5, 5.41) is 0. The Kier molecular flexibility index (Phi) is 4.05. The average molecular weight is 338 g/mol. The van der Waals surface area contributed by atoms with E-state index in [0.29, 0.717) is 5.92 Å². The van der Waals surface area contributed by atoms with Crippen molar-refractivity contribution in [2.24, 2.45) is 0 Å². The number of ether oxygens (including phenoxy) is 1. The lowest BCUT2D eigenvalue weighted by Gasteiger charge is -2.13. The van der Waals surface area contributed by atoms with Crippen LogP contribution in [0.2, 0.25) is 0 Å². The molecule has 0 aromatic heterocycles. The van der Waals surface area contributed by atoms with Gasteiger partial charge in [-0.05, 0) is 58.3 Å². The van der Waals surface area contributed by atoms with Crippen molar-refractivity contribution in [1.82, 2.24) is 0 Å². The van der Waals surface area contributed by atoms with Gasteiger partial charge in [0.2, 0.25) is 0 Å². The summed E-state index contributed by atoms with van der Waals surface area (Å²) in [6.45, 7) is 4.36. The summed E-state index contributed by atoms with van der Waals surface area (Å²) in [5.74, 6) is 2.31. The summed E-state index contributed by atoms with van der Waals surface area (Å²) in [7, 11) is 0. The SMILES string of the molecule is CC(C)c1ccccc1Oc1cccc(I)c1. The van der Waals surface area contributed by atoms with E-state index >= 15 is 0 Å². The van der Waals surface area contributed by atoms with E-state index in [9.17, 15) is 0 Å². The third kappa shape index (κ3) is 3.22. The molecule has 0 aliphatic heterocycles. The predicted molar refractivity (Wildman–Crippen MR) is 79.8 cm³/mol. The molecule has 0 aliphatic rings. The zero-order chi connectivity index (χ0) is 12.3. The summed E-state index contributed by atoms with van der Waals surface area (Å²) in [4.78, 5) is 0. The molecule has 0 spiro atoms. The van der Waals surface area contributed by atoms with Crippen molar-refractivity contribution >= 4 is 22.6 Å². The van der Waals surface area contributed by atoms with E-state index in [4.69, 9.17) is 4.74 Å². The van der Waals surface area contributed by atoms with Gasteiger partial charge in [-0.15, -0.1) is 0 Å². The van der Waals surface area contributed by atoms with E-state index in [1.807, 2.05) is 30.3 Å². The molecule has 0 N–H and O–H groups in total. The minimum Gasteiger partial charge on any atom is -0.457 e. The monoisotopic (exact) mass is 338 g/mol. The smallest absolute Gasteiger partial charge is 0.130 e. The molecule has 88 valence electrons. The first kappa shape index (κ1) is 12.4. The van der Waals surface area contributed by atoms with Crippen LogP contribution in [-0.2, 0) is 0 Å². The summed E-state index contributed by atoms with van der Waals surface area (Å²) in [5.41, 5.74) is 1.24. The molecule has 2 heteroatoms. The van der Waals surface area contributed by atoms with Gasteiger partial charge in [0.25, 0.3) is 0 Å². The van der Waals surface area contributed by atoms with Gasteiger partial charge >= 0.3 is 0 Å². The largest absolute Gasteiger partial charge is 0.457 e. The summed E-state index contributed by atoms with van der Waals surface area (Å²) in [6, 6.07) is 16.3. The number of rotatable bonds is 3. The first-order valence-electron chi connectivity index (χ1n) is 5.69. The van der Waals surface area contributed by atoms with Crippen LogP contribution in [0.4, 0.5) is 0 Å². The molecule has 0 aliphatic carbocycles. The molecule has 0 amide bonds. The highest BCUT2D eigenvalue weighted by Crippen LogP contribution is 2.30. The van der Waals surface area contributed by atoms with Crippen molar-refractivity contribution in [3.63, 3.8) is 0 Å². The third-order valence-electron chi connectivity index (χ3n) is 2.56. The Morgan fingerprint density at radius 2 is 1.76 bits per heavy atom. The van der Waals surface area contributed by atoms with Gasteiger partial charge in [0.1, 0.15) is 11.5 Å². The number of para-hydroxylation sites is 1. The molecular weight excluding hydrogens is 323 g/mol. The minimum atomic E-state index is 0.467. The Bertz CT molecular complexity index is 506. The van der Waals surface area contributed by atoms with E-state index in [2.05, 4.69) is 54.6 Å². The number of benzene rings is 2. The molecule has 0 fully saturated rings. The maximum Gasteiger partial charge on any atom is 0.130 e. The van der Waals surface area contributed by atoms with Crippen molar-refractivity contribution in [3.05, 3.63) is 57.7 Å². The van der Waals surface area contributed by atoms with Crippen LogP contribution >= 0.6 is 22.6 Å². The fraction of sp³-hybridized carbons (Fsp3) is 0.200. The first-order chi connectivity index (χ1) is 8.16. The Morgan fingerprint density at radius 1 is 1.00 bits per heavy atom. The van der Waals surface area contributed by atoms with Gasteiger partial charge < -0.3 is 4.74 Å². The van der Waals surface area contributed by atoms with E-state index in [0.717, 1.165) is 11.5 Å². The molecule has 0 bridgehead atoms. The quantitative estimate of drug-likeness (QED) is 0.699. The second kappa shape index (κ2) is 5.54. The van der Waals surface area contributed by atoms with Gasteiger partial charge in [0.05, 0.1) is 0 Å². The van der Waals surface area contributed by atoms with Gasteiger partial charge in [-0.1, -0.05) is 38.1 Å². The second-order valence-corrected chi connectivity index (χ2v) is 5.50. The zero-order valence-corrected chi connectivity index (χ0v) is 12.1. The van der Waals surface area contributed by atoms with Crippen LogP contribution in [0.5, 0.6) is 11.5 Å². The average Bonchev–Trinajstić information content (AvgIpc) is 2.29. The molecular formula is C15H15IO. The molecule has 0 saturated heterocycles. The lowest BCUT2D eigenvalue weighted by Crippen LogP contribution is -1.93. The standard InChI is InChI=1S/C15H15IO/c1-11(2)14-8-3-4-9-15(14)17-13-7-5-6-12(16)10-13/h3-11H,1-2H3. The maximum atomic E-state index is 5.95. The van der Waals surface area contributed by atoms with Crippen molar-refractivity contribution in [3.8, 4) is 11.5 Å². The van der Waals surface area contributed by atoms with Gasteiger partial charge in [0.15, 0.2) is 0 Å². The lowest BCUT2D eigenvalue weighted by molar-refractivity contribution is 0.473. The predicted octanol–water partition coefficient (Wildman–Crippen LogP) is 5.21. The Balaban J connectivity index is 2.30. The zero-order valence-electron chi connectivity index (χ0n) is 9.98. The van der Waals surface area contributed by atoms with Crippen molar-refractivity contribution in [2.75, 3.05) is 0 Å². The Labute approximate surface area is 116 Å². The van der Waals surface area contributed by atoms with Crippen molar-refractivity contribution < 1.29 is 4.74 Å². The fourth-order valence-electron chi connectivity index (χ4n) is 1.71. The van der Waals surface area contributed by atoms with Gasteiger partial charge in [-0.2, -0.15) is 0 Å². The van der Waals surface area contributed by atoms with Crippen LogP contribution in [0, 0.1) is 3.57 Å².